The van der Waals surface area contributed by atoms with Gasteiger partial charge >= 0.3 is 5.97 Å². The fourth-order valence-corrected chi connectivity index (χ4v) is 2.97. The van der Waals surface area contributed by atoms with E-state index in [4.69, 9.17) is 4.74 Å². The van der Waals surface area contributed by atoms with E-state index < -0.39 is 5.41 Å². The molecule has 1 aliphatic heterocycles. The van der Waals surface area contributed by atoms with E-state index in [1.54, 1.807) is 6.20 Å². The van der Waals surface area contributed by atoms with E-state index in [-0.39, 0.29) is 11.9 Å². The number of carbonyl (C=O) groups excluding carboxylic acids is 1. The van der Waals surface area contributed by atoms with Crippen LogP contribution in [0.3, 0.4) is 0 Å². The second-order valence-corrected chi connectivity index (χ2v) is 6.45. The van der Waals surface area contributed by atoms with Gasteiger partial charge < -0.3 is 9.64 Å². The van der Waals surface area contributed by atoms with Crippen molar-refractivity contribution in [3.8, 4) is 0 Å². The van der Waals surface area contributed by atoms with E-state index >= 15 is 0 Å². The van der Waals surface area contributed by atoms with Crippen molar-refractivity contribution in [2.24, 2.45) is 11.3 Å². The third kappa shape index (κ3) is 2.82. The minimum Gasteiger partial charge on any atom is -0.466 e. The predicted octanol–water partition coefficient (Wildman–Crippen LogP) is 3.26. The number of nitrogens with zero attached hydrogens (tertiary/aromatic N) is 2. The van der Waals surface area contributed by atoms with Gasteiger partial charge in [0.2, 0.25) is 0 Å². The number of rotatable bonds is 4. The molecule has 0 N–H and O–H groups in total. The zero-order chi connectivity index (χ0) is 14.8. The minimum absolute atomic E-state index is 0.0744. The summed E-state index contributed by atoms with van der Waals surface area (Å²) in [6.45, 7) is 7.99. The van der Waals surface area contributed by atoms with Gasteiger partial charge in [0, 0.05) is 23.8 Å². The van der Waals surface area contributed by atoms with Crippen LogP contribution < -0.4 is 4.90 Å². The predicted molar refractivity (Wildman–Crippen MR) is 82.7 cm³/mol. The zero-order valence-corrected chi connectivity index (χ0v) is 13.8. The molecule has 0 amide bonds. The molecule has 2 rings (SSSR count). The molecular formula is C15H21BrN2O2. The van der Waals surface area contributed by atoms with Crippen LogP contribution in [0.15, 0.2) is 22.8 Å². The Morgan fingerprint density at radius 3 is 2.85 bits per heavy atom. The molecule has 1 aliphatic rings. The summed E-state index contributed by atoms with van der Waals surface area (Å²) in [5.41, 5.74) is -0.412. The molecule has 0 aliphatic carbocycles. The molecule has 0 saturated carbocycles. The molecule has 1 aromatic heterocycles. The number of halogens is 1. The molecule has 1 saturated heterocycles. The number of pyridine rings is 1. The molecule has 110 valence electrons. The van der Waals surface area contributed by atoms with Crippen LogP contribution in [0.5, 0.6) is 0 Å². The number of aromatic nitrogens is 1. The number of carbonyl (C=O) groups is 1. The molecule has 1 atom stereocenters. The van der Waals surface area contributed by atoms with Gasteiger partial charge in [0.15, 0.2) is 0 Å². The highest BCUT2D eigenvalue weighted by Gasteiger charge is 2.48. The minimum atomic E-state index is -0.412. The van der Waals surface area contributed by atoms with Gasteiger partial charge in [0.05, 0.1) is 12.0 Å². The van der Waals surface area contributed by atoms with Crippen LogP contribution in [-0.2, 0) is 9.53 Å². The van der Waals surface area contributed by atoms with Gasteiger partial charge in [-0.1, -0.05) is 13.8 Å². The number of ether oxygens (including phenoxy) is 1. The second-order valence-electron chi connectivity index (χ2n) is 5.54. The average Bonchev–Trinajstić information content (AvgIpc) is 2.86. The average molecular weight is 341 g/mol. The number of hydrogen-bond donors (Lipinski definition) is 0. The van der Waals surface area contributed by atoms with E-state index in [9.17, 15) is 4.79 Å². The first kappa shape index (κ1) is 15.3. The van der Waals surface area contributed by atoms with E-state index in [2.05, 4.69) is 39.7 Å². The van der Waals surface area contributed by atoms with Crippen molar-refractivity contribution in [1.29, 1.82) is 0 Å². The highest BCUT2D eigenvalue weighted by Crippen LogP contribution is 2.40. The van der Waals surface area contributed by atoms with E-state index in [0.29, 0.717) is 13.2 Å². The van der Waals surface area contributed by atoms with Crippen molar-refractivity contribution in [2.75, 3.05) is 24.6 Å². The molecule has 0 spiro atoms. The first-order chi connectivity index (χ1) is 9.49. The molecule has 1 fully saturated rings. The van der Waals surface area contributed by atoms with Crippen LogP contribution in [0.1, 0.15) is 27.2 Å². The molecule has 0 bridgehead atoms. The molecular weight excluding hydrogens is 320 g/mol. The summed E-state index contributed by atoms with van der Waals surface area (Å²) in [7, 11) is 0. The van der Waals surface area contributed by atoms with Gasteiger partial charge in [-0.25, -0.2) is 4.98 Å². The first-order valence-corrected chi connectivity index (χ1v) is 7.82. The molecule has 1 aromatic rings. The van der Waals surface area contributed by atoms with E-state index in [1.165, 1.54) is 0 Å². The normalized spacial score (nSPS) is 22.4. The summed E-state index contributed by atoms with van der Waals surface area (Å²) < 4.78 is 6.26. The number of esters is 1. The van der Waals surface area contributed by atoms with Crippen LogP contribution in [-0.4, -0.2) is 30.6 Å². The summed E-state index contributed by atoms with van der Waals surface area (Å²) in [5.74, 6) is 1.09. The third-order valence-electron chi connectivity index (χ3n) is 4.12. The first-order valence-electron chi connectivity index (χ1n) is 7.03. The second kappa shape index (κ2) is 6.12. The van der Waals surface area contributed by atoms with Crippen LogP contribution in [0.2, 0.25) is 0 Å². The van der Waals surface area contributed by atoms with Crippen molar-refractivity contribution in [3.63, 3.8) is 0 Å². The highest BCUT2D eigenvalue weighted by atomic mass is 79.9. The van der Waals surface area contributed by atoms with Crippen molar-refractivity contribution in [1.82, 2.24) is 4.98 Å². The Labute approximate surface area is 128 Å². The lowest BCUT2D eigenvalue weighted by Gasteiger charge is -2.31. The maximum atomic E-state index is 12.4. The van der Waals surface area contributed by atoms with Crippen molar-refractivity contribution < 1.29 is 9.53 Å². The van der Waals surface area contributed by atoms with Crippen molar-refractivity contribution >= 4 is 27.7 Å². The van der Waals surface area contributed by atoms with Gasteiger partial charge in [0.1, 0.15) is 5.82 Å². The molecule has 0 radical (unpaired) electrons. The Morgan fingerprint density at radius 1 is 1.55 bits per heavy atom. The zero-order valence-electron chi connectivity index (χ0n) is 12.2. The molecule has 2 heterocycles. The lowest BCUT2D eigenvalue weighted by atomic mass is 9.76. The van der Waals surface area contributed by atoms with Crippen molar-refractivity contribution in [3.05, 3.63) is 22.8 Å². The Morgan fingerprint density at radius 2 is 2.30 bits per heavy atom. The van der Waals surface area contributed by atoms with Gasteiger partial charge in [-0.2, -0.15) is 0 Å². The lowest BCUT2D eigenvalue weighted by molar-refractivity contribution is -0.156. The van der Waals surface area contributed by atoms with Gasteiger partial charge in [0.25, 0.3) is 0 Å². The summed E-state index contributed by atoms with van der Waals surface area (Å²) in [5, 5.41) is 0. The van der Waals surface area contributed by atoms with Crippen LogP contribution in [0.4, 0.5) is 5.82 Å². The Balaban J connectivity index is 2.19. The molecule has 1 unspecified atom stereocenters. The maximum Gasteiger partial charge on any atom is 0.314 e. The highest BCUT2D eigenvalue weighted by molar-refractivity contribution is 9.10. The molecule has 0 aromatic carbocycles. The maximum absolute atomic E-state index is 12.4. The quantitative estimate of drug-likeness (QED) is 0.789. The largest absolute Gasteiger partial charge is 0.466 e. The topological polar surface area (TPSA) is 42.4 Å². The fraction of sp³-hybridized carbons (Fsp3) is 0.600. The van der Waals surface area contributed by atoms with E-state index in [1.807, 2.05) is 19.1 Å². The Kier molecular flexibility index (Phi) is 4.68. The SMILES string of the molecule is CCOC(=O)C1(C(C)C)CCN(c2ccc(Br)cn2)C1. The third-order valence-corrected chi connectivity index (χ3v) is 4.59. The smallest absolute Gasteiger partial charge is 0.314 e. The van der Waals surface area contributed by atoms with Crippen LogP contribution in [0.25, 0.3) is 0 Å². The van der Waals surface area contributed by atoms with Gasteiger partial charge in [-0.05, 0) is 47.3 Å². The summed E-state index contributed by atoms with van der Waals surface area (Å²) >= 11 is 3.39. The van der Waals surface area contributed by atoms with Crippen LogP contribution in [0, 0.1) is 11.3 Å². The Bertz CT molecular complexity index is 475. The fourth-order valence-electron chi connectivity index (χ4n) is 2.73. The Hall–Kier alpha value is -1.10. The standard InChI is InChI=1S/C15H21BrN2O2/c1-4-20-14(19)15(11(2)3)7-8-18(10-15)13-6-5-12(16)9-17-13/h5-6,9,11H,4,7-8,10H2,1-3H3. The van der Waals surface area contributed by atoms with Crippen LogP contribution >= 0.6 is 15.9 Å². The lowest BCUT2D eigenvalue weighted by Crippen LogP contribution is -2.40. The molecule has 20 heavy (non-hydrogen) atoms. The van der Waals surface area contributed by atoms with E-state index in [0.717, 1.165) is 23.3 Å². The van der Waals surface area contributed by atoms with Gasteiger partial charge in [-0.3, -0.25) is 4.79 Å². The summed E-state index contributed by atoms with van der Waals surface area (Å²) in [6.07, 6.45) is 2.61. The van der Waals surface area contributed by atoms with Crippen molar-refractivity contribution in [2.45, 2.75) is 27.2 Å². The number of anilines is 1. The monoisotopic (exact) mass is 340 g/mol. The van der Waals surface area contributed by atoms with Gasteiger partial charge in [-0.15, -0.1) is 0 Å². The molecule has 5 heteroatoms. The summed E-state index contributed by atoms with van der Waals surface area (Å²) in [6, 6.07) is 3.95. The molecule has 4 nitrogen and oxygen atoms in total. The summed E-state index contributed by atoms with van der Waals surface area (Å²) in [4.78, 5) is 19.0. The number of hydrogen-bond acceptors (Lipinski definition) is 4.